The van der Waals surface area contributed by atoms with Crippen LogP contribution in [0, 0.1) is 0 Å². The van der Waals surface area contributed by atoms with E-state index in [-0.39, 0.29) is 31.1 Å². The van der Waals surface area contributed by atoms with Crippen LogP contribution in [0.3, 0.4) is 0 Å². The Bertz CT molecular complexity index is 1420. The number of benzene rings is 3. The van der Waals surface area contributed by atoms with Crippen molar-refractivity contribution in [2.45, 2.75) is 82.2 Å². The molecule has 10 heteroatoms. The van der Waals surface area contributed by atoms with Crippen LogP contribution < -0.4 is 5.32 Å². The van der Waals surface area contributed by atoms with Crippen molar-refractivity contribution in [2.75, 3.05) is 19.6 Å². The third-order valence-corrected chi connectivity index (χ3v) is 9.18. The molecule has 2 aliphatic rings. The maximum Gasteiger partial charge on any atom is 0.303 e. The molecule has 3 aromatic carbocycles. The van der Waals surface area contributed by atoms with Gasteiger partial charge in [0.1, 0.15) is 0 Å². The second-order valence-electron chi connectivity index (χ2n) is 12.3. The van der Waals surface area contributed by atoms with Crippen molar-refractivity contribution in [3.63, 3.8) is 0 Å². The summed E-state index contributed by atoms with van der Waals surface area (Å²) in [6, 6.07) is 23.1. The van der Waals surface area contributed by atoms with E-state index in [1.54, 1.807) is 0 Å². The van der Waals surface area contributed by atoms with E-state index < -0.39 is 17.9 Å². The molecule has 0 aliphatic carbocycles. The predicted molar refractivity (Wildman–Crippen MR) is 174 cm³/mol. The molecule has 0 radical (unpaired) electrons. The molecule has 4 N–H and O–H groups in total. The first-order valence-electron chi connectivity index (χ1n) is 16.0. The van der Waals surface area contributed by atoms with Crippen molar-refractivity contribution >= 4 is 23.5 Å². The quantitative estimate of drug-likeness (QED) is 0.176. The van der Waals surface area contributed by atoms with Crippen LogP contribution in [0.2, 0.25) is 5.02 Å². The molecule has 0 unspecified atom stereocenters. The summed E-state index contributed by atoms with van der Waals surface area (Å²) < 4.78 is 13.0. The normalized spacial score (nSPS) is 21.5. The summed E-state index contributed by atoms with van der Waals surface area (Å²) in [4.78, 5) is 25.2. The number of carboxylic acids is 1. The van der Waals surface area contributed by atoms with Crippen LogP contribution in [-0.2, 0) is 37.8 Å². The van der Waals surface area contributed by atoms with Gasteiger partial charge in [0.25, 0.3) is 0 Å². The highest BCUT2D eigenvalue weighted by molar-refractivity contribution is 6.30. The Morgan fingerprint density at radius 1 is 0.870 bits per heavy atom. The van der Waals surface area contributed by atoms with E-state index in [0.717, 1.165) is 40.9 Å². The highest BCUT2D eigenvalue weighted by atomic mass is 35.5. The summed E-state index contributed by atoms with van der Waals surface area (Å²) in [5, 5.41) is 33.2. The number of halogens is 1. The zero-order valence-electron chi connectivity index (χ0n) is 25.9. The van der Waals surface area contributed by atoms with Gasteiger partial charge >= 0.3 is 5.97 Å². The molecule has 2 fully saturated rings. The zero-order chi connectivity index (χ0) is 32.5. The summed E-state index contributed by atoms with van der Waals surface area (Å²) in [6.45, 7) is 2.54. The maximum absolute atomic E-state index is 12.2. The fraction of sp³-hybridized carbons (Fsp3) is 0.444. The van der Waals surface area contributed by atoms with Crippen molar-refractivity contribution in [1.29, 1.82) is 0 Å². The number of hydrogen-bond acceptors (Lipinski definition) is 7. The first kappa shape index (κ1) is 34.0. The molecular weight excluding hydrogens is 608 g/mol. The van der Waals surface area contributed by atoms with Crippen LogP contribution in [0.15, 0.2) is 72.8 Å². The molecule has 3 atom stereocenters. The zero-order valence-corrected chi connectivity index (χ0v) is 26.7. The molecule has 0 bridgehead atoms. The van der Waals surface area contributed by atoms with Gasteiger partial charge < -0.3 is 35.0 Å². The lowest BCUT2D eigenvalue weighted by atomic mass is 9.84. The number of carbonyl (C=O) groups excluding carboxylic acids is 1. The number of nitrogens with zero attached hydrogens (tertiary/aromatic N) is 1. The van der Waals surface area contributed by atoms with Crippen LogP contribution in [0.4, 0.5) is 0 Å². The lowest BCUT2D eigenvalue weighted by Crippen LogP contribution is -2.46. The number of amides is 1. The molecule has 246 valence electrons. The fourth-order valence-corrected chi connectivity index (χ4v) is 6.24. The lowest BCUT2D eigenvalue weighted by Gasteiger charge is -2.42. The fourth-order valence-electron chi connectivity index (χ4n) is 6.12. The number of carbonyl (C=O) groups is 2. The number of rotatable bonds is 13. The van der Waals surface area contributed by atoms with E-state index in [0.29, 0.717) is 56.6 Å². The number of piperidine rings is 1. The molecular formula is C36H43ClN2O7. The van der Waals surface area contributed by atoms with Crippen LogP contribution in [0.5, 0.6) is 0 Å². The summed E-state index contributed by atoms with van der Waals surface area (Å²) >= 11 is 6.06. The van der Waals surface area contributed by atoms with E-state index in [2.05, 4.69) is 10.2 Å². The lowest BCUT2D eigenvalue weighted by molar-refractivity contribution is -0.253. The minimum Gasteiger partial charge on any atom is -0.481 e. The minimum atomic E-state index is -0.876. The topological polar surface area (TPSA) is 129 Å². The molecule has 46 heavy (non-hydrogen) atoms. The Balaban J connectivity index is 1.21. The van der Waals surface area contributed by atoms with Gasteiger partial charge in [-0.3, -0.25) is 9.59 Å². The van der Waals surface area contributed by atoms with Crippen LogP contribution in [0.1, 0.15) is 85.2 Å². The number of likely N-dealkylation sites (tertiary alicyclic amines) is 1. The number of ether oxygens (including phenoxy) is 2. The third kappa shape index (κ3) is 9.37. The van der Waals surface area contributed by atoms with Gasteiger partial charge in [-0.2, -0.15) is 0 Å². The first-order chi connectivity index (χ1) is 22.2. The molecule has 0 aromatic heterocycles. The molecule has 1 amide bonds. The summed E-state index contributed by atoms with van der Waals surface area (Å²) in [7, 11) is 0. The standard InChI is InChI=1S/C36H43ClN2O7/c37-30-15-13-29(14-16-30)36(44)17-19-39(20-18-36)23-31-21-32(27-9-7-26(24-40)8-10-27)46-35(45-31)28-11-5-25(6-12-28)22-38-33(41)3-1-2-4-34(42)43/h5-16,31-32,35,40,44H,1-4,17-24H2,(H,38,41)(H,42,43)/t31-,32+,35+/m1/s1. The number of carboxylic acid groups (broad SMARTS) is 1. The number of hydrogen-bond donors (Lipinski definition) is 4. The smallest absolute Gasteiger partial charge is 0.303 e. The van der Waals surface area contributed by atoms with Crippen LogP contribution in [0.25, 0.3) is 0 Å². The number of aliphatic hydroxyl groups is 2. The van der Waals surface area contributed by atoms with Gasteiger partial charge in [0.05, 0.1) is 24.4 Å². The van der Waals surface area contributed by atoms with Crippen LogP contribution in [-0.4, -0.2) is 57.8 Å². The van der Waals surface area contributed by atoms with Crippen molar-refractivity contribution < 1.29 is 34.4 Å². The molecule has 0 spiro atoms. The van der Waals surface area contributed by atoms with E-state index >= 15 is 0 Å². The highest BCUT2D eigenvalue weighted by Gasteiger charge is 2.37. The van der Waals surface area contributed by atoms with E-state index in [1.165, 1.54) is 0 Å². The van der Waals surface area contributed by atoms with Gasteiger partial charge in [-0.25, -0.2) is 0 Å². The summed E-state index contributed by atoms with van der Waals surface area (Å²) in [5.74, 6) is -0.950. The van der Waals surface area contributed by atoms with Crippen molar-refractivity contribution in [1.82, 2.24) is 10.2 Å². The molecule has 3 aromatic rings. The summed E-state index contributed by atoms with van der Waals surface area (Å²) in [5.41, 5.74) is 3.69. The number of aliphatic carboxylic acids is 1. The van der Waals surface area contributed by atoms with Crippen LogP contribution >= 0.6 is 11.6 Å². The van der Waals surface area contributed by atoms with Gasteiger partial charge in [0.15, 0.2) is 6.29 Å². The van der Waals surface area contributed by atoms with Crippen molar-refractivity contribution in [3.05, 3.63) is 106 Å². The first-order valence-corrected chi connectivity index (χ1v) is 16.4. The molecule has 2 heterocycles. The molecule has 5 rings (SSSR count). The van der Waals surface area contributed by atoms with Gasteiger partial charge in [-0.05, 0) is 60.1 Å². The molecule has 9 nitrogen and oxygen atoms in total. The SMILES string of the molecule is O=C(O)CCCCC(=O)NCc1ccc([C@H]2O[C@@H](CN3CCC(O)(c4ccc(Cl)cc4)CC3)C[C@@H](c3ccc(CO)cc3)O2)cc1. The summed E-state index contributed by atoms with van der Waals surface area (Å²) in [6.07, 6.45) is 2.40. The maximum atomic E-state index is 12.2. The van der Waals surface area contributed by atoms with E-state index in [9.17, 15) is 19.8 Å². The Kier molecular flexibility index (Phi) is 11.8. The monoisotopic (exact) mass is 650 g/mol. The average molecular weight is 651 g/mol. The predicted octanol–water partition coefficient (Wildman–Crippen LogP) is 5.62. The Labute approximate surface area is 275 Å². The molecule has 2 aliphatic heterocycles. The number of nitrogens with one attached hydrogen (secondary N) is 1. The Morgan fingerprint density at radius 2 is 1.50 bits per heavy atom. The largest absolute Gasteiger partial charge is 0.481 e. The highest BCUT2D eigenvalue weighted by Crippen LogP contribution is 2.39. The van der Waals surface area contributed by atoms with E-state index in [1.807, 2.05) is 72.8 Å². The average Bonchev–Trinajstić information content (AvgIpc) is 3.07. The van der Waals surface area contributed by atoms with Crippen molar-refractivity contribution in [2.24, 2.45) is 0 Å². The third-order valence-electron chi connectivity index (χ3n) is 8.93. The Hall–Kier alpha value is -3.31. The second kappa shape index (κ2) is 16.0. The van der Waals surface area contributed by atoms with Gasteiger partial charge in [0, 0.05) is 56.0 Å². The minimum absolute atomic E-state index is 0.0188. The Morgan fingerprint density at radius 3 is 2.15 bits per heavy atom. The second-order valence-corrected chi connectivity index (χ2v) is 12.7. The van der Waals surface area contributed by atoms with Gasteiger partial charge in [0.2, 0.25) is 5.91 Å². The van der Waals surface area contributed by atoms with E-state index in [4.69, 9.17) is 26.2 Å². The van der Waals surface area contributed by atoms with Gasteiger partial charge in [-0.1, -0.05) is 72.3 Å². The molecule has 2 saturated heterocycles. The number of aliphatic hydroxyl groups excluding tert-OH is 1. The molecule has 0 saturated carbocycles. The van der Waals surface area contributed by atoms with Gasteiger partial charge in [-0.15, -0.1) is 0 Å². The van der Waals surface area contributed by atoms with Crippen molar-refractivity contribution in [3.8, 4) is 0 Å². The number of unbranched alkanes of at least 4 members (excludes halogenated alkanes) is 1.